The number of urea groups is 1. The molecule has 0 aliphatic rings. The van der Waals surface area contributed by atoms with Gasteiger partial charge in [0.25, 0.3) is 0 Å². The normalized spacial score (nSPS) is 14.1. The van der Waals surface area contributed by atoms with Crippen LogP contribution in [0.1, 0.15) is 31.9 Å². The van der Waals surface area contributed by atoms with Gasteiger partial charge in [0.2, 0.25) is 0 Å². The smallest absolute Gasteiger partial charge is 0.315 e. The predicted octanol–water partition coefficient (Wildman–Crippen LogP) is 0.551. The lowest BCUT2D eigenvalue weighted by Crippen LogP contribution is -2.44. The molecule has 0 aliphatic heterocycles. The Hall–Kier alpha value is -1.56. The number of carbonyl (C=O) groups is 1. The number of hydrogen-bond donors (Lipinski definition) is 3. The van der Waals surface area contributed by atoms with E-state index in [0.717, 1.165) is 5.56 Å². The minimum absolute atomic E-state index is 0.0504. The average Bonchev–Trinajstić information content (AvgIpc) is 2.72. The topological polar surface area (TPSA) is 79.2 Å². The summed E-state index contributed by atoms with van der Waals surface area (Å²) in [5.41, 5.74) is 0.944. The number of nitrogens with zero attached hydrogens (tertiary/aromatic N) is 2. The highest BCUT2D eigenvalue weighted by molar-refractivity contribution is 5.74. The Morgan fingerprint density at radius 2 is 2.29 bits per heavy atom. The van der Waals surface area contributed by atoms with Crippen LogP contribution < -0.4 is 10.6 Å². The van der Waals surface area contributed by atoms with E-state index in [-0.39, 0.29) is 24.7 Å². The van der Waals surface area contributed by atoms with Crippen LogP contribution in [-0.2, 0) is 7.05 Å². The molecule has 6 heteroatoms. The first kappa shape index (κ1) is 13.5. The lowest BCUT2D eigenvalue weighted by Gasteiger charge is -2.17. The van der Waals surface area contributed by atoms with Crippen LogP contribution >= 0.6 is 0 Å². The molecule has 0 spiro atoms. The van der Waals surface area contributed by atoms with E-state index in [1.807, 2.05) is 27.1 Å². The van der Waals surface area contributed by atoms with E-state index in [9.17, 15) is 4.79 Å². The van der Waals surface area contributed by atoms with Crippen molar-refractivity contribution in [2.45, 2.75) is 32.4 Å². The summed E-state index contributed by atoms with van der Waals surface area (Å²) in [4.78, 5) is 11.6. The van der Waals surface area contributed by atoms with Crippen molar-refractivity contribution in [2.24, 2.45) is 7.05 Å². The fraction of sp³-hybridized carbons (Fsp3) is 0.636. The molecule has 6 nitrogen and oxygen atoms in total. The molecule has 3 N–H and O–H groups in total. The Morgan fingerprint density at radius 1 is 1.59 bits per heavy atom. The highest BCUT2D eigenvalue weighted by Gasteiger charge is 2.13. The van der Waals surface area contributed by atoms with Crippen molar-refractivity contribution in [2.75, 3.05) is 6.61 Å². The molecule has 0 fully saturated rings. The van der Waals surface area contributed by atoms with Crippen molar-refractivity contribution < 1.29 is 9.90 Å². The predicted molar refractivity (Wildman–Crippen MR) is 64.5 cm³/mol. The summed E-state index contributed by atoms with van der Waals surface area (Å²) in [6.07, 6.45) is 4.27. The molecule has 1 aromatic heterocycles. The Labute approximate surface area is 101 Å². The molecule has 1 rings (SSSR count). The third-order valence-corrected chi connectivity index (χ3v) is 2.62. The zero-order chi connectivity index (χ0) is 12.8. The Balaban J connectivity index is 2.45. The van der Waals surface area contributed by atoms with Crippen molar-refractivity contribution in [3.8, 4) is 0 Å². The van der Waals surface area contributed by atoms with Crippen LogP contribution in [0.4, 0.5) is 4.79 Å². The molecule has 0 radical (unpaired) electrons. The minimum Gasteiger partial charge on any atom is -0.394 e. The minimum atomic E-state index is -0.276. The average molecular weight is 240 g/mol. The molecule has 0 aromatic carbocycles. The van der Waals surface area contributed by atoms with E-state index >= 15 is 0 Å². The molecule has 1 aromatic rings. The van der Waals surface area contributed by atoms with Crippen molar-refractivity contribution in [3.05, 3.63) is 18.0 Å². The standard InChI is InChI=1S/C11H20N4O2/c1-4-10(7-16)14-11(17)13-8(2)9-5-12-15(3)6-9/h5-6,8,10,16H,4,7H2,1-3H3,(H2,13,14,17)/t8-,10+/m0/s1. The van der Waals surface area contributed by atoms with Crippen LogP contribution in [0.2, 0.25) is 0 Å². The fourth-order valence-electron chi connectivity index (χ4n) is 1.45. The maximum Gasteiger partial charge on any atom is 0.315 e. The van der Waals surface area contributed by atoms with Crippen LogP contribution in [0.25, 0.3) is 0 Å². The highest BCUT2D eigenvalue weighted by Crippen LogP contribution is 2.09. The van der Waals surface area contributed by atoms with Gasteiger partial charge in [0.05, 0.1) is 24.9 Å². The zero-order valence-corrected chi connectivity index (χ0v) is 10.5. The molecule has 0 bridgehead atoms. The van der Waals surface area contributed by atoms with Gasteiger partial charge < -0.3 is 15.7 Å². The maximum absolute atomic E-state index is 11.6. The van der Waals surface area contributed by atoms with Gasteiger partial charge in [-0.1, -0.05) is 6.92 Å². The summed E-state index contributed by atoms with van der Waals surface area (Å²) < 4.78 is 1.69. The third kappa shape index (κ3) is 4.07. The molecule has 2 atom stereocenters. The molecular weight excluding hydrogens is 220 g/mol. The summed E-state index contributed by atoms with van der Waals surface area (Å²) in [6.45, 7) is 3.74. The van der Waals surface area contributed by atoms with Gasteiger partial charge in [0, 0.05) is 18.8 Å². The first-order valence-electron chi connectivity index (χ1n) is 5.73. The van der Waals surface area contributed by atoms with Gasteiger partial charge in [-0.3, -0.25) is 4.68 Å². The number of amides is 2. The van der Waals surface area contributed by atoms with Crippen molar-refractivity contribution in [1.82, 2.24) is 20.4 Å². The van der Waals surface area contributed by atoms with Crippen LogP contribution in [0.5, 0.6) is 0 Å². The summed E-state index contributed by atoms with van der Waals surface area (Å²) in [5, 5.41) is 18.5. The second-order valence-electron chi connectivity index (χ2n) is 4.07. The number of nitrogens with one attached hydrogen (secondary N) is 2. The van der Waals surface area contributed by atoms with Crippen LogP contribution in [-0.4, -0.2) is 33.6 Å². The summed E-state index contributed by atoms with van der Waals surface area (Å²) in [7, 11) is 1.83. The highest BCUT2D eigenvalue weighted by atomic mass is 16.3. The van der Waals surface area contributed by atoms with Crippen molar-refractivity contribution in [1.29, 1.82) is 0 Å². The molecule has 0 saturated carbocycles. The SMILES string of the molecule is CC[C@H](CO)NC(=O)N[C@@H](C)c1cnn(C)c1. The van der Waals surface area contributed by atoms with E-state index in [2.05, 4.69) is 15.7 Å². The van der Waals surface area contributed by atoms with E-state index in [1.165, 1.54) is 0 Å². The molecule has 0 saturated heterocycles. The van der Waals surface area contributed by atoms with Gasteiger partial charge in [0.1, 0.15) is 0 Å². The lowest BCUT2D eigenvalue weighted by atomic mass is 10.2. The summed E-state index contributed by atoms with van der Waals surface area (Å²) >= 11 is 0. The number of aryl methyl sites for hydroxylation is 1. The van der Waals surface area contributed by atoms with E-state index in [4.69, 9.17) is 5.11 Å². The van der Waals surface area contributed by atoms with Crippen LogP contribution in [0.15, 0.2) is 12.4 Å². The molecule has 0 unspecified atom stereocenters. The lowest BCUT2D eigenvalue weighted by molar-refractivity contribution is 0.212. The molecule has 1 heterocycles. The van der Waals surface area contributed by atoms with Gasteiger partial charge in [-0.25, -0.2) is 4.79 Å². The number of aromatic nitrogens is 2. The van der Waals surface area contributed by atoms with Crippen molar-refractivity contribution in [3.63, 3.8) is 0 Å². The number of rotatable bonds is 5. The Bertz CT molecular complexity index is 360. The van der Waals surface area contributed by atoms with E-state index in [0.29, 0.717) is 6.42 Å². The quantitative estimate of drug-likeness (QED) is 0.703. The zero-order valence-electron chi connectivity index (χ0n) is 10.5. The van der Waals surface area contributed by atoms with E-state index in [1.54, 1.807) is 10.9 Å². The Morgan fingerprint density at radius 3 is 2.76 bits per heavy atom. The number of aliphatic hydroxyl groups is 1. The maximum atomic E-state index is 11.6. The summed E-state index contributed by atoms with van der Waals surface area (Å²) in [5.74, 6) is 0. The van der Waals surface area contributed by atoms with Gasteiger partial charge >= 0.3 is 6.03 Å². The van der Waals surface area contributed by atoms with Crippen LogP contribution in [0, 0.1) is 0 Å². The molecular formula is C11H20N4O2. The van der Waals surface area contributed by atoms with Gasteiger partial charge in [-0.05, 0) is 13.3 Å². The monoisotopic (exact) mass is 240 g/mol. The first-order chi connectivity index (χ1) is 8.06. The number of aliphatic hydroxyl groups excluding tert-OH is 1. The van der Waals surface area contributed by atoms with E-state index < -0.39 is 0 Å². The largest absolute Gasteiger partial charge is 0.394 e. The molecule has 0 aliphatic carbocycles. The van der Waals surface area contributed by atoms with Gasteiger partial charge in [-0.2, -0.15) is 5.10 Å². The molecule has 17 heavy (non-hydrogen) atoms. The molecule has 96 valence electrons. The third-order valence-electron chi connectivity index (χ3n) is 2.62. The van der Waals surface area contributed by atoms with Crippen LogP contribution in [0.3, 0.4) is 0 Å². The van der Waals surface area contributed by atoms with Gasteiger partial charge in [-0.15, -0.1) is 0 Å². The second-order valence-corrected chi connectivity index (χ2v) is 4.07. The van der Waals surface area contributed by atoms with Crippen molar-refractivity contribution >= 4 is 6.03 Å². The number of carbonyl (C=O) groups excluding carboxylic acids is 1. The first-order valence-corrected chi connectivity index (χ1v) is 5.73. The fourth-order valence-corrected chi connectivity index (χ4v) is 1.45. The second kappa shape index (κ2) is 6.24. The molecule has 2 amide bonds. The Kier molecular flexibility index (Phi) is 4.96. The van der Waals surface area contributed by atoms with Gasteiger partial charge in [0.15, 0.2) is 0 Å². The number of hydrogen-bond acceptors (Lipinski definition) is 3. The summed E-state index contributed by atoms with van der Waals surface area (Å²) in [6, 6.07) is -0.585.